The number of fused-ring (bicyclic) bond motifs is 1. The van der Waals surface area contributed by atoms with E-state index in [0.29, 0.717) is 17.0 Å². The van der Waals surface area contributed by atoms with Crippen molar-refractivity contribution in [3.8, 4) is 21.1 Å². The number of aliphatic hydroxyl groups is 3. The third kappa shape index (κ3) is 3.06. The van der Waals surface area contributed by atoms with Crippen LogP contribution in [0.25, 0.3) is 32.3 Å². The van der Waals surface area contributed by atoms with E-state index in [1.165, 1.54) is 22.2 Å². The molecule has 1 aromatic carbocycles. The molecular weight excluding hydrogens is 406 g/mol. The molecule has 5 N–H and O–H groups in total. The Morgan fingerprint density at radius 2 is 1.80 bits per heavy atom. The summed E-state index contributed by atoms with van der Waals surface area (Å²) < 4.78 is 7.12. The monoisotopic (exact) mass is 425 g/mol. The highest BCUT2D eigenvalue weighted by molar-refractivity contribution is 7.18. The molecule has 5 rings (SSSR count). The van der Waals surface area contributed by atoms with Gasteiger partial charge in [-0.1, -0.05) is 30.3 Å². The van der Waals surface area contributed by atoms with E-state index in [1.54, 1.807) is 0 Å². The molecule has 0 bridgehead atoms. The number of hydrogen-bond donors (Lipinski definition) is 4. The van der Waals surface area contributed by atoms with Gasteiger partial charge in [0.25, 0.3) is 0 Å². The molecule has 1 fully saturated rings. The Labute approximate surface area is 175 Å². The van der Waals surface area contributed by atoms with Crippen LogP contribution >= 0.6 is 11.3 Å². The summed E-state index contributed by atoms with van der Waals surface area (Å²) in [5.41, 5.74) is 7.97. The zero-order valence-corrected chi connectivity index (χ0v) is 16.5. The quantitative estimate of drug-likeness (QED) is 0.385. The van der Waals surface area contributed by atoms with Crippen LogP contribution in [0.2, 0.25) is 0 Å². The van der Waals surface area contributed by atoms with Gasteiger partial charge in [0.15, 0.2) is 23.5 Å². The van der Waals surface area contributed by atoms with E-state index in [9.17, 15) is 15.3 Å². The first-order chi connectivity index (χ1) is 14.6. The number of anilines is 1. The summed E-state index contributed by atoms with van der Waals surface area (Å²) in [7, 11) is 0. The lowest BCUT2D eigenvalue weighted by atomic mass is 10.1. The van der Waals surface area contributed by atoms with Gasteiger partial charge in [0.05, 0.1) is 17.8 Å². The third-order valence-electron chi connectivity index (χ3n) is 5.12. The van der Waals surface area contributed by atoms with Crippen LogP contribution in [0.4, 0.5) is 5.82 Å². The normalized spacial score (nSPS) is 24.0. The summed E-state index contributed by atoms with van der Waals surface area (Å²) in [6, 6.07) is 13.9. The fourth-order valence-electron chi connectivity index (χ4n) is 3.56. The minimum absolute atomic E-state index is 0.204. The number of aromatic nitrogens is 4. The number of ether oxygens (including phenoxy) is 1. The van der Waals surface area contributed by atoms with E-state index in [4.69, 9.17) is 10.5 Å². The lowest BCUT2D eigenvalue weighted by Crippen LogP contribution is -2.33. The molecule has 10 heteroatoms. The predicted molar refractivity (Wildman–Crippen MR) is 111 cm³/mol. The number of imidazole rings is 1. The first-order valence-corrected chi connectivity index (χ1v) is 10.2. The van der Waals surface area contributed by atoms with Gasteiger partial charge < -0.3 is 25.8 Å². The molecule has 30 heavy (non-hydrogen) atoms. The van der Waals surface area contributed by atoms with Crippen LogP contribution in [0.15, 0.2) is 48.8 Å². The van der Waals surface area contributed by atoms with Crippen LogP contribution in [0.3, 0.4) is 0 Å². The Morgan fingerprint density at radius 1 is 1.03 bits per heavy atom. The first kappa shape index (κ1) is 19.1. The van der Waals surface area contributed by atoms with Gasteiger partial charge in [0.2, 0.25) is 0 Å². The van der Waals surface area contributed by atoms with E-state index in [1.807, 2.05) is 42.5 Å². The van der Waals surface area contributed by atoms with Crippen molar-refractivity contribution in [3.63, 3.8) is 0 Å². The molecule has 4 heterocycles. The van der Waals surface area contributed by atoms with Crippen molar-refractivity contribution in [1.29, 1.82) is 0 Å². The molecule has 0 spiro atoms. The van der Waals surface area contributed by atoms with Crippen molar-refractivity contribution in [2.24, 2.45) is 0 Å². The summed E-state index contributed by atoms with van der Waals surface area (Å²) in [5, 5.41) is 29.8. The maximum absolute atomic E-state index is 10.4. The number of benzene rings is 1. The van der Waals surface area contributed by atoms with Gasteiger partial charge >= 0.3 is 0 Å². The van der Waals surface area contributed by atoms with Gasteiger partial charge in [0.1, 0.15) is 23.8 Å². The fourth-order valence-corrected chi connectivity index (χ4v) is 4.51. The van der Waals surface area contributed by atoms with E-state index >= 15 is 0 Å². The van der Waals surface area contributed by atoms with Gasteiger partial charge in [-0.3, -0.25) is 4.57 Å². The van der Waals surface area contributed by atoms with Crippen molar-refractivity contribution >= 4 is 28.3 Å². The summed E-state index contributed by atoms with van der Waals surface area (Å²) in [5.74, 6) is 0.635. The molecule has 4 aromatic rings. The molecule has 1 aliphatic heterocycles. The minimum Gasteiger partial charge on any atom is -0.394 e. The maximum Gasteiger partial charge on any atom is 0.174 e. The van der Waals surface area contributed by atoms with Crippen LogP contribution in [-0.2, 0) is 4.74 Å². The summed E-state index contributed by atoms with van der Waals surface area (Å²) >= 11 is 1.54. The zero-order chi connectivity index (χ0) is 20.8. The molecule has 0 saturated carbocycles. The SMILES string of the molecule is Nc1nc(-c2ccc(-c3ccccc3)s2)nc2c1ncn2C1O[C@H](CO)[C@@H](O)[C@H]1O. The number of aliphatic hydroxyl groups excluding tert-OH is 3. The molecule has 154 valence electrons. The van der Waals surface area contributed by atoms with Gasteiger partial charge in [-0.05, 0) is 17.7 Å². The molecular formula is C20H19N5O4S. The fraction of sp³-hybridized carbons (Fsp3) is 0.250. The number of nitrogen functional groups attached to an aromatic ring is 1. The molecule has 1 saturated heterocycles. The van der Waals surface area contributed by atoms with Crippen molar-refractivity contribution in [3.05, 3.63) is 48.8 Å². The Kier molecular flexibility index (Phi) is 4.72. The average Bonchev–Trinajstić information content (AvgIpc) is 3.48. The second kappa shape index (κ2) is 7.42. The standard InChI is InChI=1S/C20H19N5O4S/c21-17-14-19(25(9-22-14)20-16(28)15(27)11(8-26)29-20)24-18(23-17)13-7-6-12(30-13)10-4-2-1-3-5-10/h1-7,9,11,15-16,20,26-28H,8H2,(H2,21,23,24)/t11-,15-,16-,20?/m1/s1. The molecule has 9 nitrogen and oxygen atoms in total. The molecule has 0 aliphatic carbocycles. The Bertz CT molecular complexity index is 1190. The Balaban J connectivity index is 1.56. The van der Waals surface area contributed by atoms with Crippen molar-refractivity contribution in [2.45, 2.75) is 24.5 Å². The lowest BCUT2D eigenvalue weighted by molar-refractivity contribution is -0.0511. The third-order valence-corrected chi connectivity index (χ3v) is 6.25. The zero-order valence-electron chi connectivity index (χ0n) is 15.7. The van der Waals surface area contributed by atoms with E-state index < -0.39 is 31.1 Å². The highest BCUT2D eigenvalue weighted by Gasteiger charge is 2.44. The van der Waals surface area contributed by atoms with Gasteiger partial charge in [-0.2, -0.15) is 0 Å². The number of thiophene rings is 1. The molecule has 3 aromatic heterocycles. The van der Waals surface area contributed by atoms with Crippen molar-refractivity contribution in [2.75, 3.05) is 12.3 Å². The maximum atomic E-state index is 10.4. The first-order valence-electron chi connectivity index (χ1n) is 9.35. The van der Waals surface area contributed by atoms with E-state index in [2.05, 4.69) is 15.0 Å². The number of hydrogen-bond acceptors (Lipinski definition) is 9. The van der Waals surface area contributed by atoms with Crippen LogP contribution in [-0.4, -0.2) is 59.8 Å². The van der Waals surface area contributed by atoms with Crippen LogP contribution in [0.5, 0.6) is 0 Å². The van der Waals surface area contributed by atoms with Gasteiger partial charge in [-0.15, -0.1) is 11.3 Å². The molecule has 0 amide bonds. The molecule has 1 aliphatic rings. The smallest absolute Gasteiger partial charge is 0.174 e. The van der Waals surface area contributed by atoms with Crippen LogP contribution in [0.1, 0.15) is 6.23 Å². The minimum atomic E-state index is -1.24. The van der Waals surface area contributed by atoms with Crippen LogP contribution < -0.4 is 5.73 Å². The van der Waals surface area contributed by atoms with Gasteiger partial charge in [0, 0.05) is 4.88 Å². The molecule has 1 unspecified atom stereocenters. The van der Waals surface area contributed by atoms with Crippen molar-refractivity contribution in [1.82, 2.24) is 19.5 Å². The molecule has 4 atom stereocenters. The van der Waals surface area contributed by atoms with Crippen LogP contribution in [0, 0.1) is 0 Å². The number of nitrogens with zero attached hydrogens (tertiary/aromatic N) is 4. The summed E-state index contributed by atoms with van der Waals surface area (Å²) in [4.78, 5) is 15.2. The van der Waals surface area contributed by atoms with E-state index in [-0.39, 0.29) is 5.82 Å². The highest BCUT2D eigenvalue weighted by Crippen LogP contribution is 2.36. The van der Waals surface area contributed by atoms with Gasteiger partial charge in [-0.25, -0.2) is 15.0 Å². The number of rotatable bonds is 4. The molecule has 0 radical (unpaired) electrons. The van der Waals surface area contributed by atoms with Crippen molar-refractivity contribution < 1.29 is 20.1 Å². The average molecular weight is 425 g/mol. The Hall–Kier alpha value is -2.89. The van der Waals surface area contributed by atoms with E-state index in [0.717, 1.165) is 15.3 Å². The second-order valence-electron chi connectivity index (χ2n) is 7.02. The Morgan fingerprint density at radius 3 is 2.53 bits per heavy atom. The second-order valence-corrected chi connectivity index (χ2v) is 8.10. The largest absolute Gasteiger partial charge is 0.394 e. The predicted octanol–water partition coefficient (Wildman–Crippen LogP) is 1.42. The summed E-state index contributed by atoms with van der Waals surface area (Å²) in [6.07, 6.45) is -2.88. The lowest BCUT2D eigenvalue weighted by Gasteiger charge is -2.16. The number of nitrogens with two attached hydrogens (primary N) is 1. The highest BCUT2D eigenvalue weighted by atomic mass is 32.1. The summed E-state index contributed by atoms with van der Waals surface area (Å²) in [6.45, 7) is -0.415. The topological polar surface area (TPSA) is 140 Å².